The molecule has 44 heteroatoms. The number of nitrogens with two attached hydrogens (primary N) is 6. The van der Waals surface area contributed by atoms with E-state index in [2.05, 4.69) is 27.0 Å². The molecule has 41 nitrogen and oxygen atoms in total. The van der Waals surface area contributed by atoms with Crippen LogP contribution in [0.3, 0.4) is 0 Å². The Morgan fingerprint density at radius 1 is 0.790 bits per heavy atom. The molecule has 0 aliphatic carbocycles. The number of anilines is 1. The molecule has 9 aliphatic rings. The number of imide groups is 1. The van der Waals surface area contributed by atoms with Gasteiger partial charge in [0.05, 0.1) is 81.3 Å². The topological polar surface area (TPSA) is 657 Å². The second-order valence-corrected chi connectivity index (χ2v) is 40.5. The Labute approximate surface area is 840 Å². The van der Waals surface area contributed by atoms with Crippen LogP contribution in [0, 0.1) is 82.3 Å². The first-order valence-electron chi connectivity index (χ1n) is 47.5. The Hall–Kier alpha value is -11.8. The Morgan fingerprint density at radius 2 is 1.45 bits per heavy atom. The first-order valence-corrected chi connectivity index (χ1v) is 49.0. The maximum Gasteiger partial charge on any atom is 3.00 e. The summed E-state index contributed by atoms with van der Waals surface area (Å²) < 4.78 is 60.4. The van der Waals surface area contributed by atoms with Crippen LogP contribution in [0.15, 0.2) is 122 Å². The number of imidazole rings is 1. The normalized spacial score (nSPS) is 27.4. The number of fused-ring (bicyclic) bond motifs is 9. The summed E-state index contributed by atoms with van der Waals surface area (Å²) >= 11 is 0. The Morgan fingerprint density at radius 3 is 2.10 bits per heavy atom. The van der Waals surface area contributed by atoms with Crippen molar-refractivity contribution in [3.63, 3.8) is 0 Å². The molecule has 8 bridgehead atoms. The van der Waals surface area contributed by atoms with Crippen LogP contribution in [0.25, 0.3) is 16.4 Å². The summed E-state index contributed by atoms with van der Waals surface area (Å²) in [5.41, 5.74) is 42.0. The number of nitrogens with one attached hydrogen (secondary N) is 3. The quantitative estimate of drug-likeness (QED) is 0.00717. The first-order chi connectivity index (χ1) is 67.2. The van der Waals surface area contributed by atoms with Gasteiger partial charge in [0.15, 0.2) is 6.23 Å². The number of phosphoric acid groups is 1. The molecule has 10 amide bonds. The number of aromatic nitrogens is 2. The van der Waals surface area contributed by atoms with Gasteiger partial charge in [0, 0.05) is 157 Å². The van der Waals surface area contributed by atoms with Crippen LogP contribution in [-0.4, -0.2) is 214 Å². The van der Waals surface area contributed by atoms with Crippen LogP contribution in [0.4, 0.5) is 5.69 Å². The van der Waals surface area contributed by atoms with Crippen molar-refractivity contribution in [1.29, 1.82) is 10.5 Å². The predicted molar refractivity (Wildman–Crippen MR) is 518 cm³/mol. The number of nitrogens with zero attached hydrogens (tertiary/aromatic N) is 9. The first kappa shape index (κ1) is 112. The third-order valence-electron chi connectivity index (χ3n) is 29.3. The Bertz CT molecular complexity index is 6040. The third-order valence-corrected chi connectivity index (χ3v) is 30.4. The van der Waals surface area contributed by atoms with Gasteiger partial charge < -0.3 is 129 Å². The van der Waals surface area contributed by atoms with Crippen molar-refractivity contribution in [2.75, 3.05) is 64.7 Å². The molecule has 5 aromatic rings. The SMILES string of the molecule is C/C1=C2N=C(/C=C3N=C(/C(C)=C4\[N-][C@@](C)([C@@H]5N=C1[C@](C)(CCC(=O)NCC(C)OP(=O)([O-])O[C@H]1[C@@H](O)[C@@H](n6cnc7cc(C)c(C)cc76)O[C@@H]1CO)[C@H]5CC(N)=O)[C@@](C)(CC(N)=O)[C@@H]4CCC(N)=O)[C@@](C)(CC(N)=O)[C@@H]\3CCC(N)=O)C(C)(C)[C@@H]/2CCC(N)=O.N#Cc1ccc(CCOCCOCCOCCCNc2cccc3c2CN(C2CCC(=O)NC2=O)C3=O)c(Oc2ccc3c(c2)COB3O)c1.[C-]#N.[Co+3]. The molecule has 0 radical (unpaired) electrons. The van der Waals surface area contributed by atoms with E-state index in [9.17, 15) is 77.9 Å². The van der Waals surface area contributed by atoms with Crippen LogP contribution in [-0.2, 0) is 117 Å². The molecular weight excluding hydrogens is 1910 g/mol. The number of piperidine rings is 1. The molecule has 16 atom stereocenters. The number of ether oxygens (including phenoxy) is 5. The number of aryl methyl sites for hydroxylation is 2. The number of primary amides is 6. The Balaban J connectivity index is 0.000000310. The zero-order chi connectivity index (χ0) is 104. The van der Waals surface area contributed by atoms with Gasteiger partial charge in [-0.25, -0.2) is 4.98 Å². The summed E-state index contributed by atoms with van der Waals surface area (Å²) in [5.74, 6) is -7.14. The number of aliphatic hydroxyl groups excluding tert-OH is 2. The number of hydrogen-bond acceptors (Lipinski definition) is 30. The molecule has 3 saturated heterocycles. The van der Waals surface area contributed by atoms with Crippen LogP contribution in [0.2, 0.25) is 0 Å². The fourth-order valence-electron chi connectivity index (χ4n) is 21.5. The third kappa shape index (κ3) is 24.6. The van der Waals surface area contributed by atoms with Gasteiger partial charge >= 0.3 is 23.9 Å². The van der Waals surface area contributed by atoms with Gasteiger partial charge in [0.2, 0.25) is 53.2 Å². The van der Waals surface area contributed by atoms with E-state index in [0.29, 0.717) is 151 Å². The molecule has 14 rings (SSSR count). The summed E-state index contributed by atoms with van der Waals surface area (Å²) in [4.78, 5) is 166. The van der Waals surface area contributed by atoms with Crippen LogP contribution < -0.4 is 65.4 Å². The number of benzene rings is 4. The van der Waals surface area contributed by atoms with E-state index in [4.69, 9.17) is 104 Å². The van der Waals surface area contributed by atoms with Gasteiger partial charge in [-0.3, -0.25) is 72.8 Å². The standard InChI is InChI=1S/C62H90N13O14P.C36H39BN4O9.CN.Co/c1-29-20-39-40(21-30(29)2)75(28-70-39)57-52(84)53(41(27-76)87-57)89-90(85,86)88-31(3)26-69-49(83)18-19-59(8)37(22-46(66)80)56-62(11)61(10,25-48(68)82)36(14-17-45(65)79)51(74-62)33(5)55-60(9,24-47(67)81)34(12-15-43(63)77)38(71-55)23-42-58(6,7)35(13-16-44(64)78)50(72-42)32(4)54(59)73-56;38-21-24-5-6-25(33(19-24)50-27-7-8-30-26(20-27)23-49-37(30)45)11-14-47-16-18-48-17-15-46-13-2-12-39-31-4-1-3-28-29(31)22-41(36(28)44)32-9-10-34(42)40-35(32)43;1-2;/h20-21,23,28,31,34-37,41,52-53,56-57,76,84H,12-19,22,24-27H2,1-11H3,(H15,63,64,65,66,67,68,69,71,72,73,74,77,78,79,80,81,82,83,85,86);1,3-8,19-20,32,39,45H,2,9-18,22-23H2,(H,40,42,43);;/q;;-1;+3/p-2/t31?,34-,35-,36-,37+,41-,52-,53-,56-,57+,59-,60+,61+,62+;;;/m1.../s1. The molecule has 0 saturated carbocycles. The van der Waals surface area contributed by atoms with E-state index >= 15 is 0 Å². The van der Waals surface area contributed by atoms with E-state index in [1.54, 1.807) is 42.2 Å². The van der Waals surface area contributed by atoms with Gasteiger partial charge in [0.1, 0.15) is 35.9 Å². The largest absolute Gasteiger partial charge is 3.00 e. The summed E-state index contributed by atoms with van der Waals surface area (Å²) in [6, 6.07) is 20.4. The summed E-state index contributed by atoms with van der Waals surface area (Å²) in [7, 11) is -6.24. The van der Waals surface area contributed by atoms with Crippen molar-refractivity contribution >= 4 is 113 Å². The van der Waals surface area contributed by atoms with Gasteiger partial charge in [-0.15, -0.1) is 0 Å². The van der Waals surface area contributed by atoms with Crippen molar-refractivity contribution < 1.29 is 127 Å². The maximum atomic E-state index is 14.4. The molecule has 768 valence electrons. The molecule has 1 aromatic heterocycles. The average Bonchev–Trinajstić information content (AvgIpc) is 1.52. The van der Waals surface area contributed by atoms with Crippen molar-refractivity contribution in [2.45, 2.75) is 234 Å². The molecule has 3 fully saturated rings. The molecule has 143 heavy (non-hydrogen) atoms. The number of hydrogen-bond donors (Lipinski definition) is 12. The van der Waals surface area contributed by atoms with E-state index in [1.807, 2.05) is 105 Å². The number of allylic oxidation sites excluding steroid dienone is 6. The molecule has 9 aliphatic heterocycles. The van der Waals surface area contributed by atoms with E-state index in [1.165, 1.54) is 17.8 Å². The zero-order valence-corrected chi connectivity index (χ0v) is 84.0. The molecule has 4 aromatic carbocycles. The molecule has 10 heterocycles. The molecule has 0 spiro atoms. The second kappa shape index (κ2) is 46.9. The predicted octanol–water partition coefficient (Wildman–Crippen LogP) is 5.83. The summed E-state index contributed by atoms with van der Waals surface area (Å²) in [6.45, 7) is 27.7. The Kier molecular flexibility index (Phi) is 36.6. The van der Waals surface area contributed by atoms with E-state index in [0.717, 1.165) is 45.4 Å². The van der Waals surface area contributed by atoms with Crippen LogP contribution in [0.5, 0.6) is 11.5 Å². The van der Waals surface area contributed by atoms with Crippen LogP contribution in [0.1, 0.15) is 202 Å². The van der Waals surface area contributed by atoms with Gasteiger partial charge in [-0.1, -0.05) is 65.3 Å². The molecular formula is C99H127BCoN18O23P. The number of aliphatic hydroxyl groups is 2. The maximum absolute atomic E-state index is 14.4. The summed E-state index contributed by atoms with van der Waals surface area (Å²) in [5, 5.41) is 61.3. The number of rotatable bonds is 43. The number of carbonyl (C=O) groups excluding carboxylic acids is 10. The summed E-state index contributed by atoms with van der Waals surface area (Å²) in [6.07, 6.45) is -2.89. The van der Waals surface area contributed by atoms with Crippen molar-refractivity contribution in [3.05, 3.63) is 158 Å². The smallest absolute Gasteiger partial charge is 0.756 e. The fourth-order valence-corrected chi connectivity index (χ4v) is 22.6. The average molecular weight is 2040 g/mol. The fraction of sp³-hybridized carbons (Fsp3) is 0.535. The number of aliphatic imine (C=N–C) groups is 3. The number of amides is 10. The monoisotopic (exact) mass is 2040 g/mol. The molecule has 3 unspecified atom stereocenters. The van der Waals surface area contributed by atoms with E-state index in [-0.39, 0.29) is 112 Å². The minimum absolute atomic E-state index is 0. The van der Waals surface area contributed by atoms with Crippen molar-refractivity contribution in [1.82, 2.24) is 25.1 Å². The van der Waals surface area contributed by atoms with Gasteiger partial charge in [0.25, 0.3) is 13.7 Å². The number of phosphoric ester groups is 1. The minimum atomic E-state index is -5.32. The number of carbonyl (C=O) groups is 10. The van der Waals surface area contributed by atoms with Crippen molar-refractivity contribution in [2.24, 2.45) is 94.7 Å². The van der Waals surface area contributed by atoms with Gasteiger partial charge in [-0.2, -0.15) is 11.0 Å². The minimum Gasteiger partial charge on any atom is -0.756 e. The molecule has 18 N–H and O–H groups in total. The number of nitriles is 1. The van der Waals surface area contributed by atoms with E-state index < -0.39 is 162 Å². The van der Waals surface area contributed by atoms with Crippen molar-refractivity contribution in [3.8, 4) is 17.6 Å². The van der Waals surface area contributed by atoms with Gasteiger partial charge in [-0.05, 0) is 190 Å². The zero-order valence-electron chi connectivity index (χ0n) is 82.1. The second-order valence-electron chi connectivity index (χ2n) is 39.2. The van der Waals surface area contributed by atoms with Crippen LogP contribution >= 0.6 is 7.82 Å².